The number of fused-ring (bicyclic) bond motifs is 1. The van der Waals surface area contributed by atoms with E-state index >= 15 is 0 Å². The zero-order valence-corrected chi connectivity index (χ0v) is 12.6. The standard InChI is InChI=1S/C15H20ClNO3/c1-11(2)17(9-5-8-16)15(18)14-10-19-12-6-3-4-7-13(12)20-14/h3-4,6-7,11,14H,5,8-10H2,1-2H3. The Morgan fingerprint density at radius 3 is 2.75 bits per heavy atom. The third kappa shape index (κ3) is 3.37. The van der Waals surface area contributed by atoms with Gasteiger partial charge in [-0.25, -0.2) is 0 Å². The van der Waals surface area contributed by atoms with Crippen molar-refractivity contribution in [1.82, 2.24) is 4.90 Å². The van der Waals surface area contributed by atoms with Gasteiger partial charge >= 0.3 is 0 Å². The van der Waals surface area contributed by atoms with Gasteiger partial charge in [0.2, 0.25) is 6.10 Å². The molecule has 1 unspecified atom stereocenters. The van der Waals surface area contributed by atoms with Crippen LogP contribution in [0.25, 0.3) is 0 Å². The molecule has 1 amide bonds. The molecule has 0 N–H and O–H groups in total. The van der Waals surface area contributed by atoms with Gasteiger partial charge < -0.3 is 14.4 Å². The van der Waals surface area contributed by atoms with Gasteiger partial charge in [-0.15, -0.1) is 11.6 Å². The molecule has 2 rings (SSSR count). The minimum Gasteiger partial charge on any atom is -0.485 e. The number of carbonyl (C=O) groups excluding carboxylic acids is 1. The first-order chi connectivity index (χ1) is 9.63. The molecular weight excluding hydrogens is 278 g/mol. The monoisotopic (exact) mass is 297 g/mol. The van der Waals surface area contributed by atoms with E-state index in [1.54, 1.807) is 4.90 Å². The lowest BCUT2D eigenvalue weighted by molar-refractivity contribution is -0.143. The summed E-state index contributed by atoms with van der Waals surface area (Å²) in [6.45, 7) is 4.87. The summed E-state index contributed by atoms with van der Waals surface area (Å²) in [7, 11) is 0. The van der Waals surface area contributed by atoms with Crippen molar-refractivity contribution in [3.8, 4) is 11.5 Å². The summed E-state index contributed by atoms with van der Waals surface area (Å²) >= 11 is 5.71. The summed E-state index contributed by atoms with van der Waals surface area (Å²) in [6.07, 6.45) is 0.193. The van der Waals surface area contributed by atoms with Crippen LogP contribution in [-0.4, -0.2) is 42.0 Å². The summed E-state index contributed by atoms with van der Waals surface area (Å²) in [5.74, 6) is 1.81. The number of carbonyl (C=O) groups is 1. The van der Waals surface area contributed by atoms with Gasteiger partial charge in [-0.1, -0.05) is 12.1 Å². The lowest BCUT2D eigenvalue weighted by Gasteiger charge is -2.32. The van der Waals surface area contributed by atoms with Crippen LogP contribution in [0.5, 0.6) is 11.5 Å². The Bertz CT molecular complexity index is 464. The van der Waals surface area contributed by atoms with Crippen molar-refractivity contribution in [1.29, 1.82) is 0 Å². The number of hydrogen-bond acceptors (Lipinski definition) is 3. The van der Waals surface area contributed by atoms with Crippen molar-refractivity contribution in [2.75, 3.05) is 19.0 Å². The second-order valence-electron chi connectivity index (χ2n) is 5.03. The molecule has 0 saturated carbocycles. The molecule has 1 heterocycles. The second kappa shape index (κ2) is 6.84. The molecule has 0 aromatic heterocycles. The lowest BCUT2D eigenvalue weighted by atomic mass is 10.2. The molecule has 0 aliphatic carbocycles. The Labute approximate surface area is 124 Å². The van der Waals surface area contributed by atoms with Gasteiger partial charge in [-0.2, -0.15) is 0 Å². The summed E-state index contributed by atoms with van der Waals surface area (Å²) in [4.78, 5) is 14.3. The van der Waals surface area contributed by atoms with E-state index in [9.17, 15) is 4.79 Å². The molecule has 1 aliphatic rings. The number of nitrogens with zero attached hydrogens (tertiary/aromatic N) is 1. The van der Waals surface area contributed by atoms with Crippen LogP contribution in [0.2, 0.25) is 0 Å². The number of benzene rings is 1. The second-order valence-corrected chi connectivity index (χ2v) is 5.41. The van der Waals surface area contributed by atoms with E-state index in [1.807, 2.05) is 38.1 Å². The van der Waals surface area contributed by atoms with Gasteiger partial charge in [0.25, 0.3) is 5.91 Å². The maximum atomic E-state index is 12.5. The molecule has 20 heavy (non-hydrogen) atoms. The molecule has 0 radical (unpaired) electrons. The Morgan fingerprint density at radius 1 is 1.40 bits per heavy atom. The van der Waals surface area contributed by atoms with Crippen molar-refractivity contribution in [3.05, 3.63) is 24.3 Å². The maximum absolute atomic E-state index is 12.5. The number of ether oxygens (including phenoxy) is 2. The Morgan fingerprint density at radius 2 is 2.10 bits per heavy atom. The molecule has 1 aromatic carbocycles. The predicted molar refractivity (Wildman–Crippen MR) is 78.5 cm³/mol. The normalized spacial score (nSPS) is 17.1. The number of amides is 1. The van der Waals surface area contributed by atoms with E-state index in [2.05, 4.69) is 0 Å². The van der Waals surface area contributed by atoms with E-state index in [1.165, 1.54) is 0 Å². The number of alkyl halides is 1. The number of hydrogen-bond donors (Lipinski definition) is 0. The van der Waals surface area contributed by atoms with Crippen LogP contribution in [0.15, 0.2) is 24.3 Å². The fraction of sp³-hybridized carbons (Fsp3) is 0.533. The Balaban J connectivity index is 2.06. The number of halogens is 1. The Kier molecular flexibility index (Phi) is 5.12. The average molecular weight is 298 g/mol. The topological polar surface area (TPSA) is 38.8 Å². The van der Waals surface area contributed by atoms with Crippen LogP contribution >= 0.6 is 11.6 Å². The fourth-order valence-corrected chi connectivity index (χ4v) is 2.30. The molecule has 0 bridgehead atoms. The summed E-state index contributed by atoms with van der Waals surface area (Å²) < 4.78 is 11.3. The highest BCUT2D eigenvalue weighted by Crippen LogP contribution is 2.31. The SMILES string of the molecule is CC(C)N(CCCCl)C(=O)C1COc2ccccc2O1. The number of para-hydroxylation sites is 2. The highest BCUT2D eigenvalue weighted by molar-refractivity contribution is 6.17. The maximum Gasteiger partial charge on any atom is 0.267 e. The van der Waals surface area contributed by atoms with Crippen LogP contribution in [0, 0.1) is 0 Å². The summed E-state index contributed by atoms with van der Waals surface area (Å²) in [6, 6.07) is 7.51. The van der Waals surface area contributed by atoms with Gasteiger partial charge in [0.1, 0.15) is 6.61 Å². The van der Waals surface area contributed by atoms with Crippen LogP contribution in [0.4, 0.5) is 0 Å². The minimum absolute atomic E-state index is 0.0420. The smallest absolute Gasteiger partial charge is 0.267 e. The summed E-state index contributed by atoms with van der Waals surface area (Å²) in [5.41, 5.74) is 0. The third-order valence-corrected chi connectivity index (χ3v) is 3.49. The van der Waals surface area contributed by atoms with E-state index in [0.717, 1.165) is 6.42 Å². The first-order valence-corrected chi connectivity index (χ1v) is 7.42. The average Bonchev–Trinajstić information content (AvgIpc) is 2.46. The van der Waals surface area contributed by atoms with Gasteiger partial charge in [0.15, 0.2) is 11.5 Å². The third-order valence-electron chi connectivity index (χ3n) is 3.22. The predicted octanol–water partition coefficient (Wildman–Crippen LogP) is 2.69. The lowest BCUT2D eigenvalue weighted by Crippen LogP contribution is -2.49. The first-order valence-electron chi connectivity index (χ1n) is 6.88. The first kappa shape index (κ1) is 15.0. The number of rotatable bonds is 5. The van der Waals surface area contributed by atoms with E-state index in [0.29, 0.717) is 23.9 Å². The molecule has 1 aliphatic heterocycles. The van der Waals surface area contributed by atoms with Crippen LogP contribution in [0.3, 0.4) is 0 Å². The molecule has 0 fully saturated rings. The van der Waals surface area contributed by atoms with E-state index in [-0.39, 0.29) is 18.6 Å². The van der Waals surface area contributed by atoms with Gasteiger partial charge in [0, 0.05) is 18.5 Å². The molecule has 1 aromatic rings. The van der Waals surface area contributed by atoms with Gasteiger partial charge in [-0.3, -0.25) is 4.79 Å². The van der Waals surface area contributed by atoms with Crippen molar-refractivity contribution >= 4 is 17.5 Å². The fourth-order valence-electron chi connectivity index (χ4n) is 2.18. The molecule has 110 valence electrons. The largest absolute Gasteiger partial charge is 0.485 e. The minimum atomic E-state index is -0.581. The van der Waals surface area contributed by atoms with Gasteiger partial charge in [-0.05, 0) is 32.4 Å². The molecule has 0 saturated heterocycles. The van der Waals surface area contributed by atoms with Crippen molar-refractivity contribution < 1.29 is 14.3 Å². The molecule has 5 heteroatoms. The van der Waals surface area contributed by atoms with E-state index in [4.69, 9.17) is 21.1 Å². The van der Waals surface area contributed by atoms with E-state index < -0.39 is 6.10 Å². The van der Waals surface area contributed by atoms with Crippen molar-refractivity contribution in [2.24, 2.45) is 0 Å². The molecule has 1 atom stereocenters. The Hall–Kier alpha value is -1.42. The van der Waals surface area contributed by atoms with Crippen LogP contribution in [0.1, 0.15) is 20.3 Å². The molecule has 4 nitrogen and oxygen atoms in total. The molecular formula is C15H20ClNO3. The quantitative estimate of drug-likeness (QED) is 0.784. The zero-order valence-electron chi connectivity index (χ0n) is 11.8. The van der Waals surface area contributed by atoms with Crippen LogP contribution < -0.4 is 9.47 Å². The van der Waals surface area contributed by atoms with Crippen molar-refractivity contribution in [2.45, 2.75) is 32.4 Å². The zero-order chi connectivity index (χ0) is 14.5. The van der Waals surface area contributed by atoms with Gasteiger partial charge in [0.05, 0.1) is 0 Å². The highest BCUT2D eigenvalue weighted by atomic mass is 35.5. The molecule has 0 spiro atoms. The van der Waals surface area contributed by atoms with Crippen LogP contribution in [-0.2, 0) is 4.79 Å². The van der Waals surface area contributed by atoms with Crippen molar-refractivity contribution in [3.63, 3.8) is 0 Å². The highest BCUT2D eigenvalue weighted by Gasteiger charge is 2.31. The summed E-state index contributed by atoms with van der Waals surface area (Å²) in [5, 5.41) is 0.